The van der Waals surface area contributed by atoms with Crippen molar-refractivity contribution in [3.8, 4) is 17.2 Å². The normalized spacial score (nSPS) is 10.6. The van der Waals surface area contributed by atoms with Gasteiger partial charge in [0.25, 0.3) is 0 Å². The molecule has 3 N–H and O–H groups in total. The molecule has 6 nitrogen and oxygen atoms in total. The van der Waals surface area contributed by atoms with E-state index < -0.39 is 0 Å². The van der Waals surface area contributed by atoms with Gasteiger partial charge < -0.3 is 20.5 Å². The highest BCUT2D eigenvalue weighted by atomic mass is 32.1. The molecule has 0 unspecified atom stereocenters. The lowest BCUT2D eigenvalue weighted by atomic mass is 10.00. The molecule has 7 heteroatoms. The molecule has 140 valence electrons. The van der Waals surface area contributed by atoms with E-state index in [0.29, 0.717) is 23.1 Å². The smallest absolute Gasteiger partial charge is 0.230 e. The summed E-state index contributed by atoms with van der Waals surface area (Å²) in [4.78, 5) is 16.5. The van der Waals surface area contributed by atoms with Crippen molar-refractivity contribution in [2.45, 2.75) is 12.8 Å². The van der Waals surface area contributed by atoms with E-state index in [2.05, 4.69) is 15.6 Å². The number of likely N-dealkylation sites (N-methyl/N-ethyl adjacent to an activating group) is 1. The van der Waals surface area contributed by atoms with E-state index in [-0.39, 0.29) is 18.1 Å². The molecular weight excluding hydrogens is 362 g/mol. The maximum Gasteiger partial charge on any atom is 0.230 e. The first-order valence-corrected chi connectivity index (χ1v) is 9.45. The number of aromatic nitrogens is 1. The molecule has 0 saturated heterocycles. The van der Waals surface area contributed by atoms with Crippen molar-refractivity contribution >= 4 is 22.4 Å². The highest BCUT2D eigenvalue weighted by molar-refractivity contribution is 7.13. The Bertz CT molecular complexity index is 883. The van der Waals surface area contributed by atoms with Crippen LogP contribution in [0, 0.1) is 0 Å². The monoisotopic (exact) mass is 383 g/mol. The van der Waals surface area contributed by atoms with Gasteiger partial charge in [0.1, 0.15) is 5.75 Å². The Labute approximate surface area is 161 Å². The van der Waals surface area contributed by atoms with E-state index >= 15 is 0 Å². The van der Waals surface area contributed by atoms with E-state index in [9.17, 15) is 9.90 Å². The Morgan fingerprint density at radius 1 is 1.22 bits per heavy atom. The number of aromatic hydroxyl groups is 1. The van der Waals surface area contributed by atoms with Crippen molar-refractivity contribution in [2.75, 3.05) is 18.9 Å². The summed E-state index contributed by atoms with van der Waals surface area (Å²) in [6.45, 7) is 0.736. The van der Waals surface area contributed by atoms with Crippen molar-refractivity contribution in [3.63, 3.8) is 0 Å². The average Bonchev–Trinajstić information content (AvgIpc) is 3.16. The Kier molecular flexibility index (Phi) is 6.40. The molecule has 1 heterocycles. The zero-order valence-corrected chi connectivity index (χ0v) is 15.8. The fourth-order valence-corrected chi connectivity index (χ4v) is 3.17. The standard InChI is InChI=1S/C20H21N3O3S/c1-21-8-7-14-11-17(24)18(26-16-5-3-2-4-6-16)12-15(14)13-19(25)23-20-22-9-10-27-20/h2-6,9-12,21,24H,7-8,13H2,1H3,(H,22,23,25). The number of para-hydroxylation sites is 1. The van der Waals surface area contributed by atoms with Gasteiger partial charge in [0.2, 0.25) is 5.91 Å². The van der Waals surface area contributed by atoms with Crippen LogP contribution in [-0.2, 0) is 17.6 Å². The number of thiazole rings is 1. The Hall–Kier alpha value is -2.90. The van der Waals surface area contributed by atoms with Gasteiger partial charge in [0.05, 0.1) is 6.42 Å². The molecule has 0 bridgehead atoms. The number of amides is 1. The molecule has 0 aliphatic carbocycles. The molecule has 27 heavy (non-hydrogen) atoms. The Balaban J connectivity index is 1.83. The fourth-order valence-electron chi connectivity index (χ4n) is 2.63. The minimum absolute atomic E-state index is 0.0500. The zero-order chi connectivity index (χ0) is 19.1. The highest BCUT2D eigenvalue weighted by Crippen LogP contribution is 2.34. The number of ether oxygens (including phenoxy) is 1. The zero-order valence-electron chi connectivity index (χ0n) is 14.9. The maximum absolute atomic E-state index is 12.4. The van der Waals surface area contributed by atoms with Gasteiger partial charge in [-0.1, -0.05) is 18.2 Å². The van der Waals surface area contributed by atoms with Crippen LogP contribution < -0.4 is 15.4 Å². The maximum atomic E-state index is 12.4. The summed E-state index contributed by atoms with van der Waals surface area (Å²) in [7, 11) is 1.86. The van der Waals surface area contributed by atoms with E-state index in [1.807, 2.05) is 37.4 Å². The summed E-state index contributed by atoms with van der Waals surface area (Å²) in [5, 5.41) is 18.6. The second kappa shape index (κ2) is 9.16. The molecule has 0 radical (unpaired) electrons. The van der Waals surface area contributed by atoms with E-state index in [1.54, 1.807) is 23.7 Å². The third-order valence-electron chi connectivity index (χ3n) is 3.93. The molecule has 3 rings (SSSR count). The molecule has 0 aliphatic heterocycles. The van der Waals surface area contributed by atoms with Crippen molar-refractivity contribution < 1.29 is 14.6 Å². The summed E-state index contributed by atoms with van der Waals surface area (Å²) in [5.74, 6) is 0.835. The van der Waals surface area contributed by atoms with E-state index in [4.69, 9.17) is 4.74 Å². The predicted molar refractivity (Wildman–Crippen MR) is 107 cm³/mol. The van der Waals surface area contributed by atoms with Crippen molar-refractivity contribution in [2.24, 2.45) is 0 Å². The lowest BCUT2D eigenvalue weighted by Crippen LogP contribution is -2.17. The number of rotatable bonds is 8. The first-order chi connectivity index (χ1) is 13.2. The average molecular weight is 383 g/mol. The molecule has 2 aromatic carbocycles. The number of carbonyl (C=O) groups excluding carboxylic acids is 1. The van der Waals surface area contributed by atoms with Gasteiger partial charge in [-0.25, -0.2) is 4.98 Å². The number of phenolic OH excluding ortho intramolecular Hbond substituents is 1. The number of benzene rings is 2. The first-order valence-electron chi connectivity index (χ1n) is 8.57. The van der Waals surface area contributed by atoms with Crippen LogP contribution in [0.3, 0.4) is 0 Å². The van der Waals surface area contributed by atoms with E-state index in [0.717, 1.165) is 17.7 Å². The van der Waals surface area contributed by atoms with Crippen molar-refractivity contribution in [1.82, 2.24) is 10.3 Å². The summed E-state index contributed by atoms with van der Waals surface area (Å²) in [5.41, 5.74) is 1.71. The van der Waals surface area contributed by atoms with Gasteiger partial charge in [-0.05, 0) is 55.4 Å². The van der Waals surface area contributed by atoms with Gasteiger partial charge in [-0.2, -0.15) is 0 Å². The number of hydrogen-bond acceptors (Lipinski definition) is 6. The highest BCUT2D eigenvalue weighted by Gasteiger charge is 2.15. The lowest BCUT2D eigenvalue weighted by molar-refractivity contribution is -0.115. The molecule has 1 aromatic heterocycles. The molecule has 0 aliphatic rings. The molecule has 0 fully saturated rings. The largest absolute Gasteiger partial charge is 0.504 e. The van der Waals surface area contributed by atoms with Crippen LogP contribution in [0.5, 0.6) is 17.2 Å². The number of carbonyl (C=O) groups is 1. The van der Waals surface area contributed by atoms with Crippen molar-refractivity contribution in [1.29, 1.82) is 0 Å². The second-order valence-corrected chi connectivity index (χ2v) is 6.81. The van der Waals surface area contributed by atoms with Crippen LogP contribution in [0.1, 0.15) is 11.1 Å². The quantitative estimate of drug-likeness (QED) is 0.554. The molecule has 0 saturated carbocycles. The number of nitrogens with zero attached hydrogens (tertiary/aromatic N) is 1. The number of phenols is 1. The SMILES string of the molecule is CNCCc1cc(O)c(Oc2ccccc2)cc1CC(=O)Nc1nccs1. The fraction of sp³-hybridized carbons (Fsp3) is 0.200. The van der Waals surface area contributed by atoms with Gasteiger partial charge >= 0.3 is 0 Å². The van der Waals surface area contributed by atoms with Crippen LogP contribution in [0.25, 0.3) is 0 Å². The van der Waals surface area contributed by atoms with Gasteiger partial charge in [0, 0.05) is 11.6 Å². The Morgan fingerprint density at radius 2 is 2.04 bits per heavy atom. The molecular formula is C20H21N3O3S. The summed E-state index contributed by atoms with van der Waals surface area (Å²) in [6.07, 6.45) is 2.50. The predicted octanol–water partition coefficient (Wildman–Crippen LogP) is 3.58. The minimum Gasteiger partial charge on any atom is -0.504 e. The van der Waals surface area contributed by atoms with Crippen LogP contribution in [-0.4, -0.2) is 29.6 Å². The number of anilines is 1. The minimum atomic E-state index is -0.160. The van der Waals surface area contributed by atoms with Crippen LogP contribution in [0.2, 0.25) is 0 Å². The van der Waals surface area contributed by atoms with Crippen molar-refractivity contribution in [3.05, 3.63) is 65.2 Å². The van der Waals surface area contributed by atoms with Gasteiger partial charge in [-0.15, -0.1) is 11.3 Å². The van der Waals surface area contributed by atoms with E-state index in [1.165, 1.54) is 11.3 Å². The van der Waals surface area contributed by atoms with Crippen LogP contribution >= 0.6 is 11.3 Å². The van der Waals surface area contributed by atoms with Gasteiger partial charge in [-0.3, -0.25) is 4.79 Å². The lowest BCUT2D eigenvalue weighted by Gasteiger charge is -2.14. The Morgan fingerprint density at radius 3 is 2.74 bits per heavy atom. The molecule has 3 aromatic rings. The third kappa shape index (κ3) is 5.29. The molecule has 0 atom stereocenters. The second-order valence-electron chi connectivity index (χ2n) is 5.92. The third-order valence-corrected chi connectivity index (χ3v) is 4.61. The van der Waals surface area contributed by atoms with Gasteiger partial charge in [0.15, 0.2) is 16.6 Å². The topological polar surface area (TPSA) is 83.5 Å². The first kappa shape index (κ1) is 18.9. The summed E-state index contributed by atoms with van der Waals surface area (Å²) in [6, 6.07) is 12.6. The summed E-state index contributed by atoms with van der Waals surface area (Å²) < 4.78 is 5.79. The van der Waals surface area contributed by atoms with Crippen LogP contribution in [0.4, 0.5) is 5.13 Å². The molecule has 0 spiro atoms. The molecule has 1 amide bonds. The van der Waals surface area contributed by atoms with Crippen LogP contribution in [0.15, 0.2) is 54.0 Å². The number of nitrogens with one attached hydrogen (secondary N) is 2. The number of hydrogen-bond donors (Lipinski definition) is 3. The summed E-state index contributed by atoms with van der Waals surface area (Å²) >= 11 is 1.37.